The number of ether oxygens (including phenoxy) is 2. The molecule has 0 amide bonds. The van der Waals surface area contributed by atoms with Crippen molar-refractivity contribution in [1.29, 1.82) is 0 Å². The van der Waals surface area contributed by atoms with Gasteiger partial charge in [-0.1, -0.05) is 11.6 Å². The minimum absolute atomic E-state index is 0.0923. The number of rotatable bonds is 2. The summed E-state index contributed by atoms with van der Waals surface area (Å²) in [7, 11) is 1.64. The van der Waals surface area contributed by atoms with Gasteiger partial charge in [-0.15, -0.1) is 0 Å². The Labute approximate surface area is 120 Å². The largest absolute Gasteiger partial charge is 0.482 e. The van der Waals surface area contributed by atoms with Crippen molar-refractivity contribution in [2.24, 2.45) is 7.05 Å². The monoisotopic (exact) mass is 295 g/mol. The van der Waals surface area contributed by atoms with E-state index < -0.39 is 0 Å². The van der Waals surface area contributed by atoms with Gasteiger partial charge in [0.2, 0.25) is 0 Å². The van der Waals surface area contributed by atoms with Gasteiger partial charge in [0.15, 0.2) is 5.75 Å². The number of aromatic nitrogens is 3. The molecule has 0 spiro atoms. The lowest BCUT2D eigenvalue weighted by atomic mass is 10.3. The molecule has 20 heavy (non-hydrogen) atoms. The molecule has 0 aromatic carbocycles. The first-order chi connectivity index (χ1) is 9.56. The minimum atomic E-state index is -0.237. The molecule has 3 heterocycles. The highest BCUT2D eigenvalue weighted by Gasteiger charge is 2.20. The Kier molecular flexibility index (Phi) is 3.35. The maximum absolute atomic E-state index is 12.3. The zero-order valence-electron chi connectivity index (χ0n) is 11.2. The van der Waals surface area contributed by atoms with E-state index in [0.29, 0.717) is 35.2 Å². The Bertz CT molecular complexity index is 723. The van der Waals surface area contributed by atoms with Gasteiger partial charge in [0, 0.05) is 13.5 Å². The number of aryl methyl sites for hydroxylation is 2. The average molecular weight is 296 g/mol. The van der Waals surface area contributed by atoms with Crippen LogP contribution in [0.5, 0.6) is 5.75 Å². The Morgan fingerprint density at radius 2 is 2.30 bits per heavy atom. The SMILES string of the molecule is Cc1nc(Cl)c2cc(O[C@H]3CCOC3)c(=O)n(C)c2n1. The highest BCUT2D eigenvalue weighted by molar-refractivity contribution is 6.33. The third-order valence-electron chi connectivity index (χ3n) is 3.28. The van der Waals surface area contributed by atoms with Crippen LogP contribution < -0.4 is 10.3 Å². The van der Waals surface area contributed by atoms with Crippen molar-refractivity contribution >= 4 is 22.6 Å². The van der Waals surface area contributed by atoms with Crippen molar-refractivity contribution in [1.82, 2.24) is 14.5 Å². The smallest absolute Gasteiger partial charge is 0.294 e. The number of halogens is 1. The topological polar surface area (TPSA) is 66.2 Å². The van der Waals surface area contributed by atoms with Crippen LogP contribution in [0.25, 0.3) is 11.0 Å². The third-order valence-corrected chi connectivity index (χ3v) is 3.57. The zero-order valence-corrected chi connectivity index (χ0v) is 12.0. The van der Waals surface area contributed by atoms with Crippen LogP contribution in [0.3, 0.4) is 0 Å². The molecule has 0 bridgehead atoms. The second-order valence-corrected chi connectivity index (χ2v) is 5.13. The second kappa shape index (κ2) is 5.03. The summed E-state index contributed by atoms with van der Waals surface area (Å²) in [5, 5.41) is 0.920. The fourth-order valence-electron chi connectivity index (χ4n) is 2.24. The Balaban J connectivity index is 2.14. The van der Waals surface area contributed by atoms with E-state index in [1.807, 2.05) is 0 Å². The Morgan fingerprint density at radius 1 is 1.50 bits per heavy atom. The normalized spacial score (nSPS) is 18.6. The maximum atomic E-state index is 12.3. The van der Waals surface area contributed by atoms with Gasteiger partial charge in [-0.3, -0.25) is 9.36 Å². The molecule has 7 heteroatoms. The summed E-state index contributed by atoms with van der Waals surface area (Å²) >= 11 is 6.13. The molecule has 0 saturated carbocycles. The minimum Gasteiger partial charge on any atom is -0.482 e. The van der Waals surface area contributed by atoms with Crippen LogP contribution in [-0.4, -0.2) is 33.9 Å². The van der Waals surface area contributed by atoms with Gasteiger partial charge in [0.1, 0.15) is 22.7 Å². The summed E-state index contributed by atoms with van der Waals surface area (Å²) in [6.45, 7) is 2.89. The molecule has 106 valence electrons. The molecule has 2 aromatic heterocycles. The van der Waals surface area contributed by atoms with E-state index in [1.165, 1.54) is 4.57 Å². The average Bonchev–Trinajstić information content (AvgIpc) is 2.90. The van der Waals surface area contributed by atoms with Crippen LogP contribution in [-0.2, 0) is 11.8 Å². The number of nitrogens with zero attached hydrogens (tertiary/aromatic N) is 3. The molecule has 1 fully saturated rings. The van der Waals surface area contributed by atoms with Crippen LogP contribution >= 0.6 is 11.6 Å². The van der Waals surface area contributed by atoms with Gasteiger partial charge in [0.25, 0.3) is 5.56 Å². The lowest BCUT2D eigenvalue weighted by molar-refractivity contribution is 0.140. The molecule has 0 aliphatic carbocycles. The predicted molar refractivity (Wildman–Crippen MR) is 74.4 cm³/mol. The first kappa shape index (κ1) is 13.3. The molecule has 1 saturated heterocycles. The van der Waals surface area contributed by atoms with E-state index in [0.717, 1.165) is 6.42 Å². The fourth-order valence-corrected chi connectivity index (χ4v) is 2.50. The molecule has 0 radical (unpaired) electrons. The molecule has 0 N–H and O–H groups in total. The summed E-state index contributed by atoms with van der Waals surface area (Å²) in [5.74, 6) is 0.778. The summed E-state index contributed by atoms with van der Waals surface area (Å²) in [5.41, 5.74) is 0.265. The second-order valence-electron chi connectivity index (χ2n) is 4.78. The molecular weight excluding hydrogens is 282 g/mol. The van der Waals surface area contributed by atoms with Crippen molar-refractivity contribution in [2.45, 2.75) is 19.4 Å². The zero-order chi connectivity index (χ0) is 14.3. The predicted octanol–water partition coefficient (Wildman–Crippen LogP) is 1.46. The van der Waals surface area contributed by atoms with Gasteiger partial charge in [0.05, 0.1) is 18.6 Å². The van der Waals surface area contributed by atoms with Gasteiger partial charge in [-0.05, 0) is 13.0 Å². The summed E-state index contributed by atoms with van der Waals surface area (Å²) in [6.07, 6.45) is 0.685. The molecule has 3 rings (SSSR count). The standard InChI is InChI=1S/C13H14ClN3O3/c1-7-15-11(14)9-5-10(20-8-3-4-19-6-8)13(18)17(2)12(9)16-7/h5,8H,3-4,6H2,1-2H3/t8-/m0/s1. The van der Waals surface area contributed by atoms with E-state index in [2.05, 4.69) is 9.97 Å². The van der Waals surface area contributed by atoms with Crippen LogP contribution in [0.2, 0.25) is 5.15 Å². The van der Waals surface area contributed by atoms with Gasteiger partial charge >= 0.3 is 0 Å². The van der Waals surface area contributed by atoms with Crippen molar-refractivity contribution in [2.75, 3.05) is 13.2 Å². The summed E-state index contributed by atoms with van der Waals surface area (Å²) in [6, 6.07) is 1.61. The Morgan fingerprint density at radius 3 is 3.00 bits per heavy atom. The van der Waals surface area contributed by atoms with Crippen molar-refractivity contribution in [3.05, 3.63) is 27.4 Å². The molecule has 2 aromatic rings. The van der Waals surface area contributed by atoms with E-state index >= 15 is 0 Å². The summed E-state index contributed by atoms with van der Waals surface area (Å²) < 4.78 is 12.4. The number of hydrogen-bond donors (Lipinski definition) is 0. The molecule has 6 nitrogen and oxygen atoms in total. The molecule has 1 aliphatic heterocycles. The van der Waals surface area contributed by atoms with Crippen molar-refractivity contribution in [3.8, 4) is 5.75 Å². The fraction of sp³-hybridized carbons (Fsp3) is 0.462. The molecule has 1 atom stereocenters. The molecular formula is C13H14ClN3O3. The van der Waals surface area contributed by atoms with Gasteiger partial charge in [-0.25, -0.2) is 9.97 Å². The molecule has 0 unspecified atom stereocenters. The lowest BCUT2D eigenvalue weighted by Gasteiger charge is -2.14. The van der Waals surface area contributed by atoms with Gasteiger partial charge < -0.3 is 9.47 Å². The van der Waals surface area contributed by atoms with Crippen LogP contribution in [0.4, 0.5) is 0 Å². The first-order valence-corrected chi connectivity index (χ1v) is 6.72. The summed E-state index contributed by atoms with van der Waals surface area (Å²) in [4.78, 5) is 20.6. The molecule has 1 aliphatic rings. The van der Waals surface area contributed by atoms with Crippen LogP contribution in [0.1, 0.15) is 12.2 Å². The van der Waals surface area contributed by atoms with Crippen molar-refractivity contribution < 1.29 is 9.47 Å². The number of fused-ring (bicyclic) bond motifs is 1. The van der Waals surface area contributed by atoms with E-state index in [1.54, 1.807) is 20.0 Å². The van der Waals surface area contributed by atoms with E-state index in [4.69, 9.17) is 21.1 Å². The number of hydrogen-bond acceptors (Lipinski definition) is 5. The van der Waals surface area contributed by atoms with Crippen LogP contribution in [0.15, 0.2) is 10.9 Å². The van der Waals surface area contributed by atoms with E-state index in [9.17, 15) is 4.79 Å². The maximum Gasteiger partial charge on any atom is 0.294 e. The van der Waals surface area contributed by atoms with E-state index in [-0.39, 0.29) is 17.4 Å². The quantitative estimate of drug-likeness (QED) is 0.785. The van der Waals surface area contributed by atoms with Crippen LogP contribution in [0, 0.1) is 6.92 Å². The first-order valence-electron chi connectivity index (χ1n) is 6.34. The third kappa shape index (κ3) is 2.25. The highest BCUT2D eigenvalue weighted by Crippen LogP contribution is 2.23. The number of pyridine rings is 1. The van der Waals surface area contributed by atoms with Crippen molar-refractivity contribution in [3.63, 3.8) is 0 Å². The highest BCUT2D eigenvalue weighted by atomic mass is 35.5. The Hall–Kier alpha value is -1.66. The van der Waals surface area contributed by atoms with Gasteiger partial charge in [-0.2, -0.15) is 0 Å². The lowest BCUT2D eigenvalue weighted by Crippen LogP contribution is -2.25.